The number of alkyl halides is 3. The Bertz CT molecular complexity index is 625. The molecule has 1 heterocycles. The third-order valence-electron chi connectivity index (χ3n) is 3.76. The van der Waals surface area contributed by atoms with Crippen molar-refractivity contribution in [2.24, 2.45) is 0 Å². The quantitative estimate of drug-likeness (QED) is 0.860. The first-order valence-corrected chi connectivity index (χ1v) is 6.57. The highest BCUT2D eigenvalue weighted by Gasteiger charge is 2.41. The van der Waals surface area contributed by atoms with Crippen LogP contribution >= 0.6 is 0 Å². The summed E-state index contributed by atoms with van der Waals surface area (Å²) in [5, 5.41) is 1.76. The number of ether oxygens (including phenoxy) is 1. The maximum Gasteiger partial charge on any atom is 0.471 e. The topological polar surface area (TPSA) is 55.4 Å². The van der Waals surface area contributed by atoms with Crippen LogP contribution in [0.1, 0.15) is 27.9 Å². The van der Waals surface area contributed by atoms with E-state index in [0.717, 1.165) is 17.5 Å². The molecular weight excluding hydrogens is 287 g/mol. The minimum atomic E-state index is -4.98. The van der Waals surface area contributed by atoms with Gasteiger partial charge < -0.3 is 10.1 Å². The molecule has 0 saturated heterocycles. The van der Waals surface area contributed by atoms with Crippen molar-refractivity contribution in [2.75, 3.05) is 6.61 Å². The molecule has 0 aromatic heterocycles. The van der Waals surface area contributed by atoms with Crippen LogP contribution in [0.4, 0.5) is 13.2 Å². The fourth-order valence-corrected chi connectivity index (χ4v) is 2.71. The van der Waals surface area contributed by atoms with E-state index in [9.17, 15) is 22.8 Å². The molecule has 1 unspecified atom stereocenters. The van der Waals surface area contributed by atoms with Crippen molar-refractivity contribution in [3.05, 3.63) is 28.8 Å². The lowest BCUT2D eigenvalue weighted by Crippen LogP contribution is -2.48. The Morgan fingerprint density at radius 1 is 1.24 bits per heavy atom. The van der Waals surface area contributed by atoms with E-state index in [1.807, 2.05) is 6.07 Å². The highest BCUT2D eigenvalue weighted by atomic mass is 19.4. The smallest absolute Gasteiger partial charge is 0.471 e. The van der Waals surface area contributed by atoms with Crippen LogP contribution in [0.2, 0.25) is 0 Å². The average molecular weight is 299 g/mol. The van der Waals surface area contributed by atoms with E-state index in [1.54, 1.807) is 11.4 Å². The van der Waals surface area contributed by atoms with Gasteiger partial charge in [0.15, 0.2) is 5.78 Å². The summed E-state index contributed by atoms with van der Waals surface area (Å²) in [6.45, 7) is 0.542. The molecule has 1 amide bonds. The van der Waals surface area contributed by atoms with Gasteiger partial charge in [-0.05, 0) is 30.0 Å². The van der Waals surface area contributed by atoms with Crippen LogP contribution in [-0.2, 0) is 17.6 Å². The van der Waals surface area contributed by atoms with Gasteiger partial charge in [-0.2, -0.15) is 13.2 Å². The molecule has 0 spiro atoms. The van der Waals surface area contributed by atoms with Crippen molar-refractivity contribution < 1.29 is 27.5 Å². The zero-order valence-corrected chi connectivity index (χ0v) is 10.9. The monoisotopic (exact) mass is 299 g/mol. The Morgan fingerprint density at radius 2 is 2.00 bits per heavy atom. The summed E-state index contributed by atoms with van der Waals surface area (Å²) in [5.41, 5.74) is 2.16. The number of carbonyl (C=O) groups excluding carboxylic acids is 2. The molecule has 1 aliphatic carbocycles. The number of hydrogen-bond acceptors (Lipinski definition) is 3. The molecule has 0 fully saturated rings. The lowest BCUT2D eigenvalue weighted by Gasteiger charge is -2.25. The summed E-state index contributed by atoms with van der Waals surface area (Å²) in [6.07, 6.45) is -3.59. The van der Waals surface area contributed by atoms with Crippen LogP contribution in [0.3, 0.4) is 0 Å². The Balaban J connectivity index is 1.84. The van der Waals surface area contributed by atoms with Gasteiger partial charge in [-0.25, -0.2) is 0 Å². The number of ketones is 1. The van der Waals surface area contributed by atoms with Gasteiger partial charge >= 0.3 is 12.1 Å². The molecule has 0 radical (unpaired) electrons. The maximum atomic E-state index is 12.3. The van der Waals surface area contributed by atoms with Crippen molar-refractivity contribution in [3.63, 3.8) is 0 Å². The lowest BCUT2D eigenvalue weighted by atomic mass is 9.85. The first-order chi connectivity index (χ1) is 9.86. The third-order valence-corrected chi connectivity index (χ3v) is 3.76. The average Bonchev–Trinajstić information content (AvgIpc) is 2.86. The number of carbonyl (C=O) groups is 2. The summed E-state index contributed by atoms with van der Waals surface area (Å²) >= 11 is 0. The first-order valence-electron chi connectivity index (χ1n) is 6.57. The molecule has 1 aromatic rings. The van der Waals surface area contributed by atoms with Gasteiger partial charge in [0.25, 0.3) is 0 Å². The largest absolute Gasteiger partial charge is 0.493 e. The highest BCUT2D eigenvalue weighted by Crippen LogP contribution is 2.32. The Morgan fingerprint density at radius 3 is 2.71 bits per heavy atom. The Labute approximate surface area is 118 Å². The van der Waals surface area contributed by atoms with E-state index in [1.165, 1.54) is 0 Å². The van der Waals surface area contributed by atoms with Gasteiger partial charge in [-0.1, -0.05) is 6.07 Å². The Kier molecular flexibility index (Phi) is 3.15. The van der Waals surface area contributed by atoms with E-state index >= 15 is 0 Å². The van der Waals surface area contributed by atoms with Crippen molar-refractivity contribution >= 4 is 11.7 Å². The van der Waals surface area contributed by atoms with Crippen molar-refractivity contribution in [1.29, 1.82) is 0 Å². The molecule has 1 atom stereocenters. The fraction of sp³-hybridized carbons (Fsp3) is 0.429. The van der Waals surface area contributed by atoms with Crippen LogP contribution in [0.5, 0.6) is 5.75 Å². The molecule has 112 valence electrons. The predicted molar refractivity (Wildman–Crippen MR) is 66.3 cm³/mol. The van der Waals surface area contributed by atoms with Crippen LogP contribution in [-0.4, -0.2) is 30.5 Å². The third kappa shape index (κ3) is 2.48. The van der Waals surface area contributed by atoms with Gasteiger partial charge in [0.05, 0.1) is 12.6 Å². The number of amides is 1. The number of halogens is 3. The molecular formula is C14H12F3NO3. The maximum absolute atomic E-state index is 12.3. The molecule has 1 aliphatic heterocycles. The molecule has 2 aliphatic rings. The van der Waals surface area contributed by atoms with E-state index in [-0.39, 0.29) is 6.42 Å². The number of fused-ring (bicyclic) bond motifs is 2. The summed E-state index contributed by atoms with van der Waals surface area (Å²) in [7, 11) is 0. The van der Waals surface area contributed by atoms with E-state index < -0.39 is 23.9 Å². The number of aryl methyl sites for hydroxylation is 1. The normalized spacial score (nSPS) is 20.5. The van der Waals surface area contributed by atoms with Crippen LogP contribution in [0.25, 0.3) is 0 Å². The second kappa shape index (κ2) is 4.75. The number of hydrogen-bond donors (Lipinski definition) is 1. The number of benzene rings is 1. The first kappa shape index (κ1) is 13.9. The lowest BCUT2D eigenvalue weighted by molar-refractivity contribution is -0.174. The highest BCUT2D eigenvalue weighted by molar-refractivity contribution is 6.04. The number of nitrogens with one attached hydrogen (secondary N) is 1. The molecule has 4 nitrogen and oxygen atoms in total. The van der Waals surface area contributed by atoms with Gasteiger partial charge in [-0.15, -0.1) is 0 Å². The standard InChI is InChI=1S/C14H12F3NO3/c15-14(16,17)13(20)18-10-2-1-7-5-8-3-4-21-11(8)6-9(7)12(10)19/h5-6,10H,1-4H2,(H,18,20). The molecule has 7 heteroatoms. The van der Waals surface area contributed by atoms with E-state index in [0.29, 0.717) is 24.3 Å². The van der Waals surface area contributed by atoms with Crippen molar-refractivity contribution in [1.82, 2.24) is 5.32 Å². The van der Waals surface area contributed by atoms with Crippen LogP contribution < -0.4 is 10.1 Å². The van der Waals surface area contributed by atoms with E-state index in [4.69, 9.17) is 4.74 Å². The van der Waals surface area contributed by atoms with Crippen LogP contribution in [0, 0.1) is 0 Å². The second-order valence-electron chi connectivity index (χ2n) is 5.14. The molecule has 1 aromatic carbocycles. The van der Waals surface area contributed by atoms with Gasteiger partial charge in [0, 0.05) is 12.0 Å². The minimum absolute atomic E-state index is 0.174. The number of rotatable bonds is 1. The molecule has 21 heavy (non-hydrogen) atoms. The second-order valence-corrected chi connectivity index (χ2v) is 5.14. The SMILES string of the molecule is O=C1c2cc3c(cc2CCC1NC(=O)C(F)(F)F)CCO3. The molecule has 3 rings (SSSR count). The van der Waals surface area contributed by atoms with E-state index in [2.05, 4.69) is 0 Å². The molecule has 1 N–H and O–H groups in total. The molecule has 0 saturated carbocycles. The summed E-state index contributed by atoms with van der Waals surface area (Å²) < 4.78 is 42.2. The Hall–Kier alpha value is -2.05. The minimum Gasteiger partial charge on any atom is -0.493 e. The van der Waals surface area contributed by atoms with Crippen molar-refractivity contribution in [3.8, 4) is 5.75 Å². The predicted octanol–water partition coefficient (Wildman–Crippen LogP) is 1.80. The van der Waals surface area contributed by atoms with Gasteiger partial charge in [0.2, 0.25) is 0 Å². The van der Waals surface area contributed by atoms with Crippen molar-refractivity contribution in [2.45, 2.75) is 31.5 Å². The summed E-state index contributed by atoms with van der Waals surface area (Å²) in [4.78, 5) is 23.2. The summed E-state index contributed by atoms with van der Waals surface area (Å²) in [5.74, 6) is -1.97. The summed E-state index contributed by atoms with van der Waals surface area (Å²) in [6, 6.07) is 2.31. The fourth-order valence-electron chi connectivity index (χ4n) is 2.71. The van der Waals surface area contributed by atoms with Crippen LogP contribution in [0.15, 0.2) is 12.1 Å². The molecule has 0 bridgehead atoms. The zero-order valence-electron chi connectivity index (χ0n) is 10.9. The van der Waals surface area contributed by atoms with Gasteiger partial charge in [-0.3, -0.25) is 9.59 Å². The zero-order chi connectivity index (χ0) is 15.2. The van der Waals surface area contributed by atoms with Gasteiger partial charge in [0.1, 0.15) is 5.75 Å². The number of Topliss-reactive ketones (excluding diaryl/α,β-unsaturated/α-hetero) is 1.